The highest BCUT2D eigenvalue weighted by Crippen LogP contribution is 2.16. The molecule has 24 heavy (non-hydrogen) atoms. The Morgan fingerprint density at radius 3 is 2.54 bits per heavy atom. The summed E-state index contributed by atoms with van der Waals surface area (Å²) in [4.78, 5) is 11.1. The molecule has 1 N–H and O–H groups in total. The van der Waals surface area contributed by atoms with Gasteiger partial charge < -0.3 is 4.90 Å². The minimum absolute atomic E-state index is 0.0309. The van der Waals surface area contributed by atoms with Crippen LogP contribution in [0.1, 0.15) is 29.8 Å². The van der Waals surface area contributed by atoms with Gasteiger partial charge in [-0.05, 0) is 31.4 Å². The van der Waals surface area contributed by atoms with Crippen molar-refractivity contribution >= 4 is 16.0 Å². The first kappa shape index (κ1) is 16.9. The van der Waals surface area contributed by atoms with E-state index in [2.05, 4.69) is 19.6 Å². The van der Waals surface area contributed by atoms with Gasteiger partial charge in [0, 0.05) is 18.8 Å². The van der Waals surface area contributed by atoms with Crippen LogP contribution < -0.4 is 9.62 Å². The lowest BCUT2D eigenvalue weighted by Gasteiger charge is -2.16. The highest BCUT2D eigenvalue weighted by Gasteiger charge is 2.17. The molecule has 1 aliphatic rings. The van der Waals surface area contributed by atoms with Gasteiger partial charge in [-0.2, -0.15) is 0 Å². The van der Waals surface area contributed by atoms with Gasteiger partial charge in [-0.1, -0.05) is 30.3 Å². The summed E-state index contributed by atoms with van der Waals surface area (Å²) in [7, 11) is -3.40. The van der Waals surface area contributed by atoms with Crippen LogP contribution in [0.4, 0.5) is 5.95 Å². The number of hydrogen-bond donors (Lipinski definition) is 1. The third-order valence-electron chi connectivity index (χ3n) is 3.96. The quantitative estimate of drug-likeness (QED) is 0.866. The molecule has 0 amide bonds. The van der Waals surface area contributed by atoms with Crippen LogP contribution in [0.2, 0.25) is 0 Å². The van der Waals surface area contributed by atoms with Gasteiger partial charge >= 0.3 is 0 Å². The molecule has 0 bridgehead atoms. The fourth-order valence-electron chi connectivity index (χ4n) is 2.79. The zero-order valence-electron chi connectivity index (χ0n) is 13.8. The first-order valence-electron chi connectivity index (χ1n) is 8.13. The van der Waals surface area contributed by atoms with Crippen molar-refractivity contribution in [2.45, 2.75) is 32.1 Å². The molecule has 1 aromatic carbocycles. The van der Waals surface area contributed by atoms with Gasteiger partial charge in [0.05, 0.1) is 18.0 Å². The van der Waals surface area contributed by atoms with Crippen LogP contribution in [0.3, 0.4) is 0 Å². The SMILES string of the molecule is Cc1cc(CNS(=O)(=O)Cc2ccccc2)nc(N2CCCC2)n1. The number of nitrogens with zero attached hydrogens (tertiary/aromatic N) is 3. The van der Waals surface area contributed by atoms with Gasteiger partial charge in [0.2, 0.25) is 16.0 Å². The van der Waals surface area contributed by atoms with Crippen molar-refractivity contribution in [1.82, 2.24) is 14.7 Å². The standard InChI is InChI=1S/C17H22N4O2S/c1-14-11-16(20-17(19-14)21-9-5-6-10-21)12-18-24(22,23)13-15-7-3-2-4-8-15/h2-4,7-8,11,18H,5-6,9-10,12-13H2,1H3. The Bertz CT molecular complexity index is 787. The Balaban J connectivity index is 1.67. The average Bonchev–Trinajstić information content (AvgIpc) is 3.08. The molecule has 128 valence electrons. The lowest BCUT2D eigenvalue weighted by atomic mass is 10.2. The van der Waals surface area contributed by atoms with Gasteiger partial charge in [0.25, 0.3) is 0 Å². The van der Waals surface area contributed by atoms with Crippen LogP contribution in [-0.4, -0.2) is 31.5 Å². The molecule has 3 rings (SSSR count). The Hall–Kier alpha value is -1.99. The summed E-state index contributed by atoms with van der Waals surface area (Å²) in [5.41, 5.74) is 2.31. The molecule has 0 unspecified atom stereocenters. The fourth-order valence-corrected chi connectivity index (χ4v) is 3.90. The van der Waals surface area contributed by atoms with Crippen molar-refractivity contribution in [3.63, 3.8) is 0 Å². The first-order valence-corrected chi connectivity index (χ1v) is 9.78. The number of aryl methyl sites for hydroxylation is 1. The summed E-state index contributed by atoms with van der Waals surface area (Å²) in [5, 5.41) is 0. The number of rotatable bonds is 6. The normalized spacial score (nSPS) is 15.0. The smallest absolute Gasteiger partial charge is 0.225 e. The molecule has 0 atom stereocenters. The monoisotopic (exact) mass is 346 g/mol. The van der Waals surface area contributed by atoms with Gasteiger partial charge in [0.15, 0.2) is 0 Å². The maximum Gasteiger partial charge on any atom is 0.225 e. The third kappa shape index (κ3) is 4.52. The van der Waals surface area contributed by atoms with E-state index in [1.807, 2.05) is 31.2 Å². The summed E-state index contributed by atoms with van der Waals surface area (Å²) in [6.45, 7) is 4.01. The van der Waals surface area contributed by atoms with Gasteiger partial charge in [0.1, 0.15) is 0 Å². The Kier molecular flexibility index (Phi) is 5.11. The molecule has 6 nitrogen and oxygen atoms in total. The van der Waals surface area contributed by atoms with Crippen LogP contribution in [0.25, 0.3) is 0 Å². The Labute approximate surface area is 143 Å². The zero-order chi connectivity index (χ0) is 17.0. The van der Waals surface area contributed by atoms with E-state index in [-0.39, 0.29) is 12.3 Å². The molecule has 0 aliphatic carbocycles. The van der Waals surface area contributed by atoms with E-state index >= 15 is 0 Å². The van der Waals surface area contributed by atoms with Crippen molar-refractivity contribution in [3.8, 4) is 0 Å². The Morgan fingerprint density at radius 2 is 1.83 bits per heavy atom. The van der Waals surface area contributed by atoms with Crippen molar-refractivity contribution in [1.29, 1.82) is 0 Å². The van der Waals surface area contributed by atoms with Crippen LogP contribution >= 0.6 is 0 Å². The first-order chi connectivity index (χ1) is 11.5. The lowest BCUT2D eigenvalue weighted by Crippen LogP contribution is -2.26. The zero-order valence-corrected chi connectivity index (χ0v) is 14.6. The predicted octanol–water partition coefficient (Wildman–Crippen LogP) is 2.00. The maximum absolute atomic E-state index is 12.2. The number of nitrogens with one attached hydrogen (secondary N) is 1. The van der Waals surface area contributed by atoms with Crippen molar-refractivity contribution in [2.24, 2.45) is 0 Å². The molecule has 2 heterocycles. The molecule has 7 heteroatoms. The van der Waals surface area contributed by atoms with E-state index in [1.54, 1.807) is 12.1 Å². The van der Waals surface area contributed by atoms with E-state index in [0.717, 1.165) is 37.2 Å². The third-order valence-corrected chi connectivity index (χ3v) is 5.25. The molecule has 1 aliphatic heterocycles. The molecular formula is C17H22N4O2S. The van der Waals surface area contributed by atoms with E-state index < -0.39 is 10.0 Å². The van der Waals surface area contributed by atoms with E-state index in [0.29, 0.717) is 11.6 Å². The fraction of sp³-hybridized carbons (Fsp3) is 0.412. The maximum atomic E-state index is 12.2. The number of anilines is 1. The van der Waals surface area contributed by atoms with Crippen LogP contribution in [0.15, 0.2) is 36.4 Å². The second-order valence-corrected chi connectivity index (χ2v) is 7.87. The van der Waals surface area contributed by atoms with Gasteiger partial charge in [-0.3, -0.25) is 0 Å². The van der Waals surface area contributed by atoms with Crippen LogP contribution in [-0.2, 0) is 22.3 Å². The second kappa shape index (κ2) is 7.27. The Morgan fingerprint density at radius 1 is 1.12 bits per heavy atom. The highest BCUT2D eigenvalue weighted by molar-refractivity contribution is 7.88. The van der Waals surface area contributed by atoms with E-state index in [4.69, 9.17) is 0 Å². The molecule has 0 saturated carbocycles. The number of hydrogen-bond acceptors (Lipinski definition) is 5. The summed E-state index contributed by atoms with van der Waals surface area (Å²) in [5.74, 6) is 0.668. The minimum atomic E-state index is -3.40. The lowest BCUT2D eigenvalue weighted by molar-refractivity contribution is 0.579. The number of sulfonamides is 1. The van der Waals surface area contributed by atoms with Crippen LogP contribution in [0, 0.1) is 6.92 Å². The molecule has 0 spiro atoms. The van der Waals surface area contributed by atoms with Crippen molar-refractivity contribution < 1.29 is 8.42 Å². The van der Waals surface area contributed by atoms with Crippen LogP contribution in [0.5, 0.6) is 0 Å². The molecule has 2 aromatic rings. The average molecular weight is 346 g/mol. The summed E-state index contributed by atoms with van der Waals surface area (Å²) >= 11 is 0. The van der Waals surface area contributed by atoms with Gasteiger partial charge in [-0.25, -0.2) is 23.1 Å². The van der Waals surface area contributed by atoms with E-state index in [1.165, 1.54) is 0 Å². The number of aromatic nitrogens is 2. The van der Waals surface area contributed by atoms with Crippen molar-refractivity contribution in [3.05, 3.63) is 53.3 Å². The predicted molar refractivity (Wildman–Crippen MR) is 94.1 cm³/mol. The number of benzene rings is 1. The molecule has 1 aromatic heterocycles. The molecule has 0 radical (unpaired) electrons. The summed E-state index contributed by atoms with van der Waals surface area (Å²) in [6.07, 6.45) is 2.30. The summed E-state index contributed by atoms with van der Waals surface area (Å²) < 4.78 is 27.1. The summed E-state index contributed by atoms with van der Waals surface area (Å²) in [6, 6.07) is 11.0. The highest BCUT2D eigenvalue weighted by atomic mass is 32.2. The topological polar surface area (TPSA) is 75.2 Å². The molecular weight excluding hydrogens is 324 g/mol. The van der Waals surface area contributed by atoms with Gasteiger partial charge in [-0.15, -0.1) is 0 Å². The van der Waals surface area contributed by atoms with Crippen molar-refractivity contribution in [2.75, 3.05) is 18.0 Å². The largest absolute Gasteiger partial charge is 0.341 e. The second-order valence-electron chi connectivity index (χ2n) is 6.06. The van der Waals surface area contributed by atoms with E-state index in [9.17, 15) is 8.42 Å². The minimum Gasteiger partial charge on any atom is -0.341 e. The molecule has 1 saturated heterocycles. The molecule has 1 fully saturated rings.